The maximum Gasteiger partial charge on any atom is 0.269 e. The summed E-state index contributed by atoms with van der Waals surface area (Å²) in [7, 11) is 0. The van der Waals surface area contributed by atoms with E-state index in [-0.39, 0.29) is 17.4 Å². The number of aryl methyl sites for hydroxylation is 1. The minimum Gasteiger partial charge on any atom is -0.409 e. The fraction of sp³-hybridized carbons (Fsp3) is 0.231. The minimum atomic E-state index is -0.287. The highest BCUT2D eigenvalue weighted by atomic mass is 16.4. The Morgan fingerprint density at radius 2 is 2.29 bits per heavy atom. The third kappa shape index (κ3) is 3.78. The second-order valence-electron chi connectivity index (χ2n) is 4.45. The Morgan fingerprint density at radius 1 is 1.48 bits per heavy atom. The molecule has 0 saturated heterocycles. The van der Waals surface area contributed by atoms with Crippen molar-refractivity contribution >= 4 is 11.7 Å². The van der Waals surface area contributed by atoms with Crippen molar-refractivity contribution in [1.29, 1.82) is 0 Å². The third-order valence-corrected chi connectivity index (χ3v) is 2.79. The molecule has 1 amide bonds. The summed E-state index contributed by atoms with van der Waals surface area (Å²) in [5.74, 6) is -0.339. The number of rotatable bonds is 5. The van der Waals surface area contributed by atoms with E-state index in [4.69, 9.17) is 10.9 Å². The van der Waals surface area contributed by atoms with Gasteiger partial charge >= 0.3 is 0 Å². The van der Waals surface area contributed by atoms with Crippen LogP contribution in [0, 0.1) is 6.92 Å². The number of amidine groups is 1. The fourth-order valence-corrected chi connectivity index (χ4v) is 1.70. The van der Waals surface area contributed by atoms with Crippen molar-refractivity contribution in [1.82, 2.24) is 20.1 Å². The third-order valence-electron chi connectivity index (χ3n) is 2.79. The molecule has 2 aromatic heterocycles. The number of carbonyl (C=O) groups is 1. The van der Waals surface area contributed by atoms with E-state index in [2.05, 4.69) is 20.6 Å². The Kier molecular flexibility index (Phi) is 4.50. The molecule has 0 aliphatic carbocycles. The monoisotopic (exact) mass is 288 g/mol. The van der Waals surface area contributed by atoms with Gasteiger partial charge in [0.05, 0.1) is 12.7 Å². The number of oxime groups is 1. The zero-order valence-corrected chi connectivity index (χ0v) is 11.5. The molecule has 0 bridgehead atoms. The average Bonchev–Trinajstić information content (AvgIpc) is 2.92. The predicted octanol–water partition coefficient (Wildman–Crippen LogP) is 0.111. The molecule has 2 aromatic rings. The second kappa shape index (κ2) is 6.51. The van der Waals surface area contributed by atoms with Crippen LogP contribution in [-0.4, -0.2) is 38.3 Å². The molecule has 0 aromatic carbocycles. The van der Waals surface area contributed by atoms with Crippen LogP contribution in [0.15, 0.2) is 35.9 Å². The van der Waals surface area contributed by atoms with Gasteiger partial charge in [-0.3, -0.25) is 14.5 Å². The molecule has 0 fully saturated rings. The van der Waals surface area contributed by atoms with Gasteiger partial charge in [0, 0.05) is 24.5 Å². The summed E-state index contributed by atoms with van der Waals surface area (Å²) in [6.07, 6.45) is 5.03. The highest BCUT2D eigenvalue weighted by molar-refractivity contribution is 5.98. The lowest BCUT2D eigenvalue weighted by molar-refractivity contribution is 0.0947. The van der Waals surface area contributed by atoms with Crippen molar-refractivity contribution in [2.24, 2.45) is 10.9 Å². The number of hydrogen-bond acceptors (Lipinski definition) is 5. The van der Waals surface area contributed by atoms with Crippen molar-refractivity contribution in [2.75, 3.05) is 6.54 Å². The lowest BCUT2D eigenvalue weighted by atomic mass is 10.2. The first-order valence-corrected chi connectivity index (χ1v) is 6.31. The quantitative estimate of drug-likeness (QED) is 0.312. The molecule has 0 aliphatic heterocycles. The van der Waals surface area contributed by atoms with Crippen LogP contribution in [0.4, 0.5) is 0 Å². The smallest absolute Gasteiger partial charge is 0.269 e. The van der Waals surface area contributed by atoms with E-state index >= 15 is 0 Å². The van der Waals surface area contributed by atoms with Gasteiger partial charge in [-0.25, -0.2) is 0 Å². The van der Waals surface area contributed by atoms with Gasteiger partial charge in [-0.05, 0) is 24.6 Å². The molecule has 0 saturated carbocycles. The van der Waals surface area contributed by atoms with E-state index in [0.29, 0.717) is 18.7 Å². The zero-order chi connectivity index (χ0) is 15.2. The van der Waals surface area contributed by atoms with Crippen LogP contribution < -0.4 is 11.1 Å². The molecule has 0 spiro atoms. The van der Waals surface area contributed by atoms with Crippen LogP contribution >= 0.6 is 0 Å². The number of pyridine rings is 1. The highest BCUT2D eigenvalue weighted by Crippen LogP contribution is 2.00. The molecular weight excluding hydrogens is 272 g/mol. The lowest BCUT2D eigenvalue weighted by Gasteiger charge is -2.05. The summed E-state index contributed by atoms with van der Waals surface area (Å²) < 4.78 is 1.75. The molecule has 0 radical (unpaired) electrons. The molecular formula is C13H16N6O2. The number of aromatic nitrogens is 3. The summed E-state index contributed by atoms with van der Waals surface area (Å²) in [5, 5.41) is 18.3. The molecule has 0 atom stereocenters. The van der Waals surface area contributed by atoms with Crippen LogP contribution in [0.25, 0.3) is 0 Å². The van der Waals surface area contributed by atoms with E-state index in [1.54, 1.807) is 16.9 Å². The Morgan fingerprint density at radius 3 is 2.86 bits per heavy atom. The Labute approximate surface area is 121 Å². The Hall–Kier alpha value is -2.90. The zero-order valence-electron chi connectivity index (χ0n) is 11.5. The van der Waals surface area contributed by atoms with Crippen LogP contribution in [-0.2, 0) is 6.54 Å². The van der Waals surface area contributed by atoms with Crippen LogP contribution in [0.1, 0.15) is 21.6 Å². The molecule has 4 N–H and O–H groups in total. The molecule has 8 nitrogen and oxygen atoms in total. The molecule has 8 heteroatoms. The standard InChI is InChI=1S/C13H16N6O2/c1-9-6-17-19(8-9)5-4-15-13(20)11-3-2-10(7-16-11)12(14)18-21/h2-3,6-8,21H,4-5H2,1H3,(H2,14,18)(H,15,20). The van der Waals surface area contributed by atoms with E-state index in [9.17, 15) is 4.79 Å². The van der Waals surface area contributed by atoms with Crippen LogP contribution in [0.5, 0.6) is 0 Å². The average molecular weight is 288 g/mol. The largest absolute Gasteiger partial charge is 0.409 e. The van der Waals surface area contributed by atoms with Gasteiger partial charge in [0.25, 0.3) is 5.91 Å². The van der Waals surface area contributed by atoms with Gasteiger partial charge in [-0.1, -0.05) is 5.16 Å². The molecule has 0 aliphatic rings. The second-order valence-corrected chi connectivity index (χ2v) is 4.45. The number of nitrogens with one attached hydrogen (secondary N) is 1. The van der Waals surface area contributed by atoms with Gasteiger partial charge in [-0.2, -0.15) is 5.10 Å². The Balaban J connectivity index is 1.88. The predicted molar refractivity (Wildman–Crippen MR) is 76.0 cm³/mol. The topological polar surface area (TPSA) is 118 Å². The van der Waals surface area contributed by atoms with Crippen LogP contribution in [0.2, 0.25) is 0 Å². The minimum absolute atomic E-state index is 0.0523. The van der Waals surface area contributed by atoms with E-state index in [0.717, 1.165) is 5.56 Å². The Bertz CT molecular complexity index is 647. The van der Waals surface area contributed by atoms with Gasteiger partial charge in [0.2, 0.25) is 0 Å². The SMILES string of the molecule is Cc1cnn(CCNC(=O)c2ccc(/C(N)=N/O)cn2)c1. The fourth-order valence-electron chi connectivity index (χ4n) is 1.70. The van der Waals surface area contributed by atoms with Gasteiger partial charge in [-0.15, -0.1) is 0 Å². The maximum atomic E-state index is 11.9. The highest BCUT2D eigenvalue weighted by Gasteiger charge is 2.07. The molecule has 2 rings (SSSR count). The van der Waals surface area contributed by atoms with Crippen molar-refractivity contribution < 1.29 is 10.0 Å². The molecule has 0 unspecified atom stereocenters. The molecule has 2 heterocycles. The summed E-state index contributed by atoms with van der Waals surface area (Å²) in [5.41, 5.74) is 7.20. The first-order chi connectivity index (χ1) is 10.1. The van der Waals surface area contributed by atoms with Crippen molar-refractivity contribution in [3.8, 4) is 0 Å². The summed E-state index contributed by atoms with van der Waals surface area (Å²) in [4.78, 5) is 15.8. The first-order valence-electron chi connectivity index (χ1n) is 6.31. The maximum absolute atomic E-state index is 11.9. The molecule has 110 valence electrons. The first kappa shape index (κ1) is 14.5. The normalized spacial score (nSPS) is 11.4. The van der Waals surface area contributed by atoms with Crippen LogP contribution in [0.3, 0.4) is 0 Å². The number of hydrogen-bond donors (Lipinski definition) is 3. The number of carbonyl (C=O) groups excluding carboxylic acids is 1. The van der Waals surface area contributed by atoms with Gasteiger partial charge < -0.3 is 16.3 Å². The summed E-state index contributed by atoms with van der Waals surface area (Å²) >= 11 is 0. The van der Waals surface area contributed by atoms with Gasteiger partial charge in [0.1, 0.15) is 5.69 Å². The van der Waals surface area contributed by atoms with E-state index < -0.39 is 0 Å². The van der Waals surface area contributed by atoms with E-state index in [1.807, 2.05) is 13.1 Å². The van der Waals surface area contributed by atoms with Crippen molar-refractivity contribution in [3.05, 3.63) is 47.5 Å². The number of amides is 1. The van der Waals surface area contributed by atoms with Crippen molar-refractivity contribution in [3.63, 3.8) is 0 Å². The van der Waals surface area contributed by atoms with E-state index in [1.165, 1.54) is 12.3 Å². The molecule has 21 heavy (non-hydrogen) atoms. The van der Waals surface area contributed by atoms with Crippen molar-refractivity contribution in [2.45, 2.75) is 13.5 Å². The van der Waals surface area contributed by atoms with Gasteiger partial charge in [0.15, 0.2) is 5.84 Å². The number of nitrogens with zero attached hydrogens (tertiary/aromatic N) is 4. The summed E-state index contributed by atoms with van der Waals surface area (Å²) in [6, 6.07) is 3.08. The lowest BCUT2D eigenvalue weighted by Crippen LogP contribution is -2.28. The number of nitrogens with two attached hydrogens (primary N) is 1. The summed E-state index contributed by atoms with van der Waals surface area (Å²) in [6.45, 7) is 2.99.